The van der Waals surface area contributed by atoms with Crippen molar-refractivity contribution in [3.63, 3.8) is 0 Å². The van der Waals surface area contributed by atoms with Crippen LogP contribution in [0.25, 0.3) is 0 Å². The first-order valence-corrected chi connectivity index (χ1v) is 4.80. The fourth-order valence-electron chi connectivity index (χ4n) is 1.25. The number of nitrogens with zero attached hydrogens (tertiary/aromatic N) is 2. The molecule has 4 nitrogen and oxygen atoms in total. The van der Waals surface area contributed by atoms with E-state index in [1.165, 1.54) is 0 Å². The second kappa shape index (κ2) is 4.23. The number of aldehydes is 1. The van der Waals surface area contributed by atoms with Gasteiger partial charge in [0.05, 0.1) is 6.20 Å². The van der Waals surface area contributed by atoms with Crippen LogP contribution in [0.5, 0.6) is 0 Å². The number of H-pyrrole nitrogens is 1. The van der Waals surface area contributed by atoms with Crippen LogP contribution < -0.4 is 0 Å². The lowest BCUT2D eigenvalue weighted by atomic mass is 10.1. The molecule has 0 aliphatic rings. The Kier molecular flexibility index (Phi) is 2.78. The van der Waals surface area contributed by atoms with E-state index in [1.54, 1.807) is 30.5 Å². The van der Waals surface area contributed by atoms with Crippen molar-refractivity contribution in [3.8, 4) is 0 Å². The summed E-state index contributed by atoms with van der Waals surface area (Å²) in [6, 6.07) is 7.04. The van der Waals surface area contributed by atoms with Gasteiger partial charge in [0.1, 0.15) is 17.4 Å². The molecule has 1 unspecified atom stereocenters. The number of nitrogens with one attached hydrogen (secondary N) is 1. The zero-order chi connectivity index (χ0) is 10.7. The molecule has 1 N–H and O–H groups in total. The maximum atomic E-state index is 10.5. The number of carbonyl (C=O) groups is 1. The van der Waals surface area contributed by atoms with Gasteiger partial charge in [-0.2, -0.15) is 15.4 Å². The summed E-state index contributed by atoms with van der Waals surface area (Å²) in [4.78, 5) is 10.5. The highest BCUT2D eigenvalue weighted by atomic mass is 35.5. The third-order valence-electron chi connectivity index (χ3n) is 2.06. The first kappa shape index (κ1) is 9.86. The minimum Gasteiger partial charge on any atom is -0.298 e. The fourth-order valence-corrected chi connectivity index (χ4v) is 1.50. The first-order chi connectivity index (χ1) is 7.31. The number of hydrogen-bond acceptors (Lipinski definition) is 3. The standard InChI is InChI=1S/C10H8ClN3O/c11-10(9-5-12-14-13-9)8-3-1-7(6-15)2-4-8/h1-6,10H,(H,12,13,14). The minimum atomic E-state index is -0.343. The second-order valence-corrected chi connectivity index (χ2v) is 3.48. The number of aromatic nitrogens is 3. The van der Waals surface area contributed by atoms with Crippen molar-refractivity contribution in [1.82, 2.24) is 15.4 Å². The highest BCUT2D eigenvalue weighted by Gasteiger charge is 2.12. The molecular weight excluding hydrogens is 214 g/mol. The molecule has 0 spiro atoms. The molecule has 2 rings (SSSR count). The van der Waals surface area contributed by atoms with E-state index in [1.807, 2.05) is 0 Å². The summed E-state index contributed by atoms with van der Waals surface area (Å²) < 4.78 is 0. The average molecular weight is 222 g/mol. The molecule has 0 aliphatic heterocycles. The largest absolute Gasteiger partial charge is 0.298 e. The number of carbonyl (C=O) groups excluding carboxylic acids is 1. The normalized spacial score (nSPS) is 12.3. The van der Waals surface area contributed by atoms with E-state index < -0.39 is 0 Å². The Balaban J connectivity index is 2.26. The van der Waals surface area contributed by atoms with E-state index in [9.17, 15) is 4.79 Å². The summed E-state index contributed by atoms with van der Waals surface area (Å²) in [6.07, 6.45) is 2.37. The Morgan fingerprint density at radius 1 is 1.33 bits per heavy atom. The van der Waals surface area contributed by atoms with Crippen LogP contribution in [0.1, 0.15) is 27.0 Å². The van der Waals surface area contributed by atoms with Crippen molar-refractivity contribution in [2.75, 3.05) is 0 Å². The molecule has 0 saturated carbocycles. The molecule has 1 aromatic carbocycles. The summed E-state index contributed by atoms with van der Waals surface area (Å²) in [5.74, 6) is 0. The summed E-state index contributed by atoms with van der Waals surface area (Å²) in [5.41, 5.74) is 2.18. The van der Waals surface area contributed by atoms with Crippen LogP contribution in [0.15, 0.2) is 30.5 Å². The Morgan fingerprint density at radius 3 is 2.60 bits per heavy atom. The SMILES string of the molecule is O=Cc1ccc(C(Cl)c2cn[nH]n2)cc1. The van der Waals surface area contributed by atoms with Crippen molar-refractivity contribution in [2.24, 2.45) is 0 Å². The van der Waals surface area contributed by atoms with E-state index in [0.29, 0.717) is 11.3 Å². The van der Waals surface area contributed by atoms with Crippen LogP contribution in [-0.2, 0) is 0 Å². The lowest BCUT2D eigenvalue weighted by Gasteiger charge is -2.05. The van der Waals surface area contributed by atoms with E-state index in [0.717, 1.165) is 11.8 Å². The van der Waals surface area contributed by atoms with Gasteiger partial charge in [-0.15, -0.1) is 11.6 Å². The molecule has 0 fully saturated rings. The van der Waals surface area contributed by atoms with Gasteiger partial charge in [0, 0.05) is 5.56 Å². The van der Waals surface area contributed by atoms with Crippen molar-refractivity contribution >= 4 is 17.9 Å². The zero-order valence-electron chi connectivity index (χ0n) is 7.72. The fraction of sp³-hybridized carbons (Fsp3) is 0.100. The van der Waals surface area contributed by atoms with Gasteiger partial charge in [-0.1, -0.05) is 24.3 Å². The van der Waals surface area contributed by atoms with E-state index in [2.05, 4.69) is 15.4 Å². The molecular formula is C10H8ClN3O. The lowest BCUT2D eigenvalue weighted by Crippen LogP contribution is -1.94. The van der Waals surface area contributed by atoms with Crippen molar-refractivity contribution in [3.05, 3.63) is 47.3 Å². The zero-order valence-corrected chi connectivity index (χ0v) is 8.48. The maximum Gasteiger partial charge on any atom is 0.150 e. The number of aromatic amines is 1. The molecule has 0 radical (unpaired) electrons. The summed E-state index contributed by atoms with van der Waals surface area (Å²) in [5, 5.41) is 9.74. The lowest BCUT2D eigenvalue weighted by molar-refractivity contribution is 0.112. The first-order valence-electron chi connectivity index (χ1n) is 4.36. The van der Waals surface area contributed by atoms with Gasteiger partial charge in [0.2, 0.25) is 0 Å². The second-order valence-electron chi connectivity index (χ2n) is 3.04. The number of halogens is 1. The van der Waals surface area contributed by atoms with E-state index >= 15 is 0 Å². The average Bonchev–Trinajstić information content (AvgIpc) is 2.82. The molecule has 2 aromatic rings. The Bertz CT molecular complexity index is 438. The third-order valence-corrected chi connectivity index (χ3v) is 2.53. The monoisotopic (exact) mass is 221 g/mol. The smallest absolute Gasteiger partial charge is 0.150 e. The predicted molar refractivity (Wildman–Crippen MR) is 55.9 cm³/mol. The van der Waals surface area contributed by atoms with E-state index in [4.69, 9.17) is 11.6 Å². The molecule has 0 aliphatic carbocycles. The number of rotatable bonds is 3. The summed E-state index contributed by atoms with van der Waals surface area (Å²) in [6.45, 7) is 0. The van der Waals surface area contributed by atoms with Gasteiger partial charge in [0.25, 0.3) is 0 Å². The molecule has 1 aromatic heterocycles. The van der Waals surface area contributed by atoms with E-state index in [-0.39, 0.29) is 5.38 Å². The predicted octanol–water partition coefficient (Wildman–Crippen LogP) is 1.95. The minimum absolute atomic E-state index is 0.343. The molecule has 0 amide bonds. The van der Waals surface area contributed by atoms with Gasteiger partial charge in [-0.3, -0.25) is 4.79 Å². The van der Waals surface area contributed by atoms with Crippen molar-refractivity contribution in [2.45, 2.75) is 5.38 Å². The van der Waals surface area contributed by atoms with Gasteiger partial charge >= 0.3 is 0 Å². The molecule has 1 atom stereocenters. The molecule has 1 heterocycles. The topological polar surface area (TPSA) is 58.6 Å². The molecule has 5 heteroatoms. The highest BCUT2D eigenvalue weighted by Crippen LogP contribution is 2.26. The third kappa shape index (κ3) is 2.05. The van der Waals surface area contributed by atoms with Gasteiger partial charge in [-0.05, 0) is 5.56 Å². The van der Waals surface area contributed by atoms with Crippen LogP contribution in [-0.4, -0.2) is 21.7 Å². The quantitative estimate of drug-likeness (QED) is 0.637. The van der Waals surface area contributed by atoms with Crippen LogP contribution in [0.2, 0.25) is 0 Å². The van der Waals surface area contributed by atoms with Crippen molar-refractivity contribution < 1.29 is 4.79 Å². The Morgan fingerprint density at radius 2 is 2.07 bits per heavy atom. The molecule has 15 heavy (non-hydrogen) atoms. The molecule has 0 saturated heterocycles. The molecule has 0 bridgehead atoms. The molecule has 76 valence electrons. The number of alkyl halides is 1. The number of benzene rings is 1. The number of hydrogen-bond donors (Lipinski definition) is 1. The van der Waals surface area contributed by atoms with Crippen LogP contribution in [0, 0.1) is 0 Å². The van der Waals surface area contributed by atoms with Gasteiger partial charge < -0.3 is 0 Å². The van der Waals surface area contributed by atoms with Gasteiger partial charge in [0.15, 0.2) is 0 Å². The Hall–Kier alpha value is -1.68. The van der Waals surface area contributed by atoms with Crippen LogP contribution in [0.3, 0.4) is 0 Å². The van der Waals surface area contributed by atoms with Crippen molar-refractivity contribution in [1.29, 1.82) is 0 Å². The van der Waals surface area contributed by atoms with Crippen LogP contribution in [0.4, 0.5) is 0 Å². The van der Waals surface area contributed by atoms with Gasteiger partial charge in [-0.25, -0.2) is 0 Å². The van der Waals surface area contributed by atoms with Crippen LogP contribution >= 0.6 is 11.6 Å². The Labute approximate surface area is 91.3 Å². The summed E-state index contributed by atoms with van der Waals surface area (Å²) >= 11 is 6.16. The maximum absolute atomic E-state index is 10.5. The highest BCUT2D eigenvalue weighted by molar-refractivity contribution is 6.22. The summed E-state index contributed by atoms with van der Waals surface area (Å²) in [7, 11) is 0.